The monoisotopic (exact) mass is 362 g/mol. The van der Waals surface area contributed by atoms with Crippen molar-refractivity contribution >= 4 is 23.2 Å². The highest BCUT2D eigenvalue weighted by molar-refractivity contribution is 7.09. The average molecular weight is 363 g/mol. The molecule has 0 bridgehead atoms. The lowest BCUT2D eigenvalue weighted by atomic mass is 9.86. The molecule has 1 amide bonds. The predicted molar refractivity (Wildman–Crippen MR) is 104 cm³/mol. The summed E-state index contributed by atoms with van der Waals surface area (Å²) in [7, 11) is 3.57. The maximum absolute atomic E-state index is 11.9. The summed E-state index contributed by atoms with van der Waals surface area (Å²) in [5.41, 5.74) is 0.502. The van der Waals surface area contributed by atoms with E-state index in [-0.39, 0.29) is 12.5 Å². The Hall–Kier alpha value is -1.56. The normalized spacial score (nSPS) is 19.6. The molecule has 2 aliphatic rings. The smallest absolute Gasteiger partial charge is 0.243 e. The second kappa shape index (κ2) is 8.21. The van der Waals surface area contributed by atoms with Crippen LogP contribution in [0.2, 0.25) is 0 Å². The van der Waals surface area contributed by atoms with Gasteiger partial charge in [-0.2, -0.15) is 0 Å². The van der Waals surface area contributed by atoms with E-state index in [4.69, 9.17) is 0 Å². The highest BCUT2D eigenvalue weighted by atomic mass is 32.1. The van der Waals surface area contributed by atoms with Gasteiger partial charge in [0.15, 0.2) is 5.96 Å². The van der Waals surface area contributed by atoms with Crippen molar-refractivity contribution in [1.82, 2.24) is 15.1 Å². The van der Waals surface area contributed by atoms with Crippen molar-refractivity contribution in [3.8, 4) is 0 Å². The van der Waals surface area contributed by atoms with Gasteiger partial charge in [0, 0.05) is 38.6 Å². The maximum Gasteiger partial charge on any atom is 0.243 e. The number of likely N-dealkylation sites (tertiary alicyclic amines) is 1. The van der Waals surface area contributed by atoms with E-state index in [2.05, 4.69) is 32.7 Å². The summed E-state index contributed by atoms with van der Waals surface area (Å²) in [5.74, 6) is 0.961. The quantitative estimate of drug-likeness (QED) is 0.647. The molecule has 138 valence electrons. The fourth-order valence-electron chi connectivity index (χ4n) is 3.95. The Morgan fingerprint density at radius 3 is 2.84 bits per heavy atom. The highest BCUT2D eigenvalue weighted by Gasteiger charge is 2.41. The second-order valence-corrected chi connectivity index (χ2v) is 8.60. The van der Waals surface area contributed by atoms with Gasteiger partial charge < -0.3 is 15.1 Å². The molecule has 1 N–H and O–H groups in total. The third-order valence-electron chi connectivity index (χ3n) is 5.50. The van der Waals surface area contributed by atoms with Crippen molar-refractivity contribution in [1.29, 1.82) is 0 Å². The maximum atomic E-state index is 11.9. The van der Waals surface area contributed by atoms with Crippen LogP contribution in [0.15, 0.2) is 22.5 Å². The van der Waals surface area contributed by atoms with Crippen LogP contribution in [0.25, 0.3) is 0 Å². The van der Waals surface area contributed by atoms with Gasteiger partial charge in [-0.1, -0.05) is 18.9 Å². The number of likely N-dealkylation sites (N-methyl/N-ethyl adjacent to an activating group) is 1. The lowest BCUT2D eigenvalue weighted by molar-refractivity contribution is -0.127. The molecule has 2 fully saturated rings. The Morgan fingerprint density at radius 1 is 1.36 bits per heavy atom. The fraction of sp³-hybridized carbons (Fsp3) is 0.684. The Labute approximate surface area is 155 Å². The third kappa shape index (κ3) is 4.75. The van der Waals surface area contributed by atoms with Crippen LogP contribution >= 0.6 is 11.3 Å². The number of nitrogens with one attached hydrogen (secondary N) is 1. The average Bonchev–Trinajstić information content (AvgIpc) is 3.34. The predicted octanol–water partition coefficient (Wildman–Crippen LogP) is 2.59. The van der Waals surface area contributed by atoms with E-state index >= 15 is 0 Å². The minimum atomic E-state index is 0.0485. The summed E-state index contributed by atoms with van der Waals surface area (Å²) in [6.07, 6.45) is 7.69. The summed E-state index contributed by atoms with van der Waals surface area (Å²) < 4.78 is 0. The second-order valence-electron chi connectivity index (χ2n) is 7.56. The van der Waals surface area contributed by atoms with Crippen molar-refractivity contribution in [3.05, 3.63) is 22.4 Å². The Balaban J connectivity index is 1.61. The molecule has 2 heterocycles. The van der Waals surface area contributed by atoms with Gasteiger partial charge in [0.05, 0.1) is 0 Å². The fourth-order valence-corrected chi connectivity index (χ4v) is 4.66. The summed E-state index contributed by atoms with van der Waals surface area (Å²) in [6.45, 7) is 3.23. The lowest BCUT2D eigenvalue weighted by Crippen LogP contribution is -2.42. The molecule has 0 radical (unpaired) electrons. The van der Waals surface area contributed by atoms with Crippen LogP contribution in [0.1, 0.15) is 37.0 Å². The summed E-state index contributed by atoms with van der Waals surface area (Å²) in [4.78, 5) is 22.0. The lowest BCUT2D eigenvalue weighted by Gasteiger charge is -2.26. The minimum absolute atomic E-state index is 0.0485. The number of hydrogen-bond donors (Lipinski definition) is 1. The van der Waals surface area contributed by atoms with Crippen LogP contribution in [0.4, 0.5) is 0 Å². The molecular formula is C19H30N4OS. The van der Waals surface area contributed by atoms with E-state index in [1.165, 1.54) is 37.0 Å². The van der Waals surface area contributed by atoms with Gasteiger partial charge in [-0.25, -0.2) is 4.99 Å². The van der Waals surface area contributed by atoms with Crippen LogP contribution in [0.3, 0.4) is 0 Å². The van der Waals surface area contributed by atoms with Gasteiger partial charge in [-0.05, 0) is 42.5 Å². The molecule has 1 aliphatic heterocycles. The number of carbonyl (C=O) groups excluding carboxylic acids is 1. The number of amides is 1. The molecule has 0 unspecified atom stereocenters. The number of nitrogens with zero attached hydrogens (tertiary/aromatic N) is 3. The zero-order valence-corrected chi connectivity index (χ0v) is 16.3. The molecule has 0 atom stereocenters. The molecule has 1 aromatic rings. The van der Waals surface area contributed by atoms with E-state index in [1.54, 1.807) is 30.3 Å². The van der Waals surface area contributed by atoms with Gasteiger partial charge in [-0.15, -0.1) is 11.3 Å². The van der Waals surface area contributed by atoms with Gasteiger partial charge in [0.1, 0.15) is 6.54 Å². The molecule has 1 aliphatic carbocycles. The van der Waals surface area contributed by atoms with Crippen LogP contribution < -0.4 is 5.32 Å². The number of carbonyl (C=O) groups is 1. The van der Waals surface area contributed by atoms with Crippen LogP contribution in [0, 0.1) is 5.41 Å². The zero-order valence-electron chi connectivity index (χ0n) is 15.5. The van der Waals surface area contributed by atoms with E-state index in [1.807, 2.05) is 0 Å². The van der Waals surface area contributed by atoms with Gasteiger partial charge in [0.2, 0.25) is 5.91 Å². The molecular weight excluding hydrogens is 332 g/mol. The minimum Gasteiger partial charge on any atom is -0.356 e. The molecule has 1 spiro atoms. The van der Waals surface area contributed by atoms with E-state index in [9.17, 15) is 4.79 Å². The first-order valence-electron chi connectivity index (χ1n) is 9.34. The van der Waals surface area contributed by atoms with Crippen molar-refractivity contribution in [3.63, 3.8) is 0 Å². The number of rotatable bonds is 5. The van der Waals surface area contributed by atoms with E-state index in [0.29, 0.717) is 5.41 Å². The first kappa shape index (κ1) is 18.2. The van der Waals surface area contributed by atoms with Gasteiger partial charge >= 0.3 is 0 Å². The van der Waals surface area contributed by atoms with Crippen molar-refractivity contribution in [2.45, 2.75) is 38.5 Å². The summed E-state index contributed by atoms with van der Waals surface area (Å²) >= 11 is 1.79. The standard InChI is InChI=1S/C19H30N4OS/c1-22(2)17(24)14-21-18(20-11-7-16-6-5-13-25-16)23-12-10-19(15-23)8-3-4-9-19/h5-6,13H,3-4,7-12,14-15H2,1-2H3,(H,20,21). The Bertz CT molecular complexity index is 591. The van der Waals surface area contributed by atoms with Crippen LogP contribution in [0.5, 0.6) is 0 Å². The molecule has 1 aromatic heterocycles. The SMILES string of the molecule is CN(C)C(=O)CN=C(NCCc1cccs1)N1CCC2(CCCC2)C1. The molecule has 0 aromatic carbocycles. The first-order chi connectivity index (χ1) is 12.1. The molecule has 1 saturated heterocycles. The molecule has 3 rings (SSSR count). The van der Waals surface area contributed by atoms with E-state index in [0.717, 1.165) is 32.0 Å². The molecule has 25 heavy (non-hydrogen) atoms. The molecule has 5 nitrogen and oxygen atoms in total. The molecule has 6 heteroatoms. The number of guanidine groups is 1. The third-order valence-corrected chi connectivity index (χ3v) is 6.44. The van der Waals surface area contributed by atoms with Crippen LogP contribution in [-0.2, 0) is 11.2 Å². The topological polar surface area (TPSA) is 47.9 Å². The van der Waals surface area contributed by atoms with Gasteiger partial charge in [-0.3, -0.25) is 4.79 Å². The Kier molecular flexibility index (Phi) is 5.99. The summed E-state index contributed by atoms with van der Waals surface area (Å²) in [6, 6.07) is 4.26. The largest absolute Gasteiger partial charge is 0.356 e. The number of hydrogen-bond acceptors (Lipinski definition) is 3. The van der Waals surface area contributed by atoms with Crippen LogP contribution in [-0.4, -0.2) is 61.9 Å². The number of thiophene rings is 1. The molecule has 1 saturated carbocycles. The summed E-state index contributed by atoms with van der Waals surface area (Å²) in [5, 5.41) is 5.63. The van der Waals surface area contributed by atoms with Crippen molar-refractivity contribution < 1.29 is 4.79 Å². The first-order valence-corrected chi connectivity index (χ1v) is 10.2. The van der Waals surface area contributed by atoms with Crippen molar-refractivity contribution in [2.75, 3.05) is 40.3 Å². The zero-order chi connectivity index (χ0) is 17.7. The van der Waals surface area contributed by atoms with E-state index < -0.39 is 0 Å². The Morgan fingerprint density at radius 2 is 2.16 bits per heavy atom. The highest BCUT2D eigenvalue weighted by Crippen LogP contribution is 2.45. The van der Waals surface area contributed by atoms with Gasteiger partial charge in [0.25, 0.3) is 0 Å². The van der Waals surface area contributed by atoms with Crippen molar-refractivity contribution in [2.24, 2.45) is 10.4 Å². The number of aliphatic imine (C=N–C) groups is 1.